The molecule has 218 valence electrons. The normalized spacial score (nSPS) is 19.3. The van der Waals surface area contributed by atoms with E-state index in [9.17, 15) is 35.9 Å². The van der Waals surface area contributed by atoms with Crippen LogP contribution in [0.15, 0.2) is 30.3 Å². The summed E-state index contributed by atoms with van der Waals surface area (Å²) in [5.41, 5.74) is -2.30. The molecule has 1 aliphatic carbocycles. The van der Waals surface area contributed by atoms with E-state index in [4.69, 9.17) is 21.1 Å². The lowest BCUT2D eigenvalue weighted by Gasteiger charge is -2.44. The van der Waals surface area contributed by atoms with Gasteiger partial charge in [0.2, 0.25) is 0 Å². The Bertz CT molecular complexity index is 1280. The molecule has 2 aliphatic rings. The van der Waals surface area contributed by atoms with Gasteiger partial charge in [0.1, 0.15) is 5.15 Å². The fraction of sp³-hybridized carbons (Fsp3) is 0.500. The number of nitrogens with zero attached hydrogens (tertiary/aromatic N) is 3. The van der Waals surface area contributed by atoms with E-state index in [0.29, 0.717) is 12.1 Å². The highest BCUT2D eigenvalue weighted by atomic mass is 35.5. The molecule has 2 heterocycles. The Labute approximate surface area is 231 Å². The second-order valence-electron chi connectivity index (χ2n) is 10.00. The number of amides is 2. The minimum Gasteiger partial charge on any atom is -0.453 e. The van der Waals surface area contributed by atoms with Crippen molar-refractivity contribution in [2.24, 2.45) is 5.92 Å². The zero-order valence-electron chi connectivity index (χ0n) is 21.6. The summed E-state index contributed by atoms with van der Waals surface area (Å²) in [5.74, 6) is -0.0155. The van der Waals surface area contributed by atoms with Gasteiger partial charge in [-0.1, -0.05) is 11.6 Å². The van der Waals surface area contributed by atoms with Crippen molar-refractivity contribution in [2.45, 2.75) is 70.2 Å². The van der Waals surface area contributed by atoms with E-state index < -0.39 is 65.6 Å². The van der Waals surface area contributed by atoms with Gasteiger partial charge < -0.3 is 9.47 Å². The third-order valence-corrected chi connectivity index (χ3v) is 6.95. The van der Waals surface area contributed by atoms with Crippen molar-refractivity contribution in [3.05, 3.63) is 57.9 Å². The van der Waals surface area contributed by atoms with Gasteiger partial charge in [-0.05, 0) is 74.9 Å². The topological polar surface area (TPSA) is 72.0 Å². The van der Waals surface area contributed by atoms with Crippen LogP contribution < -0.4 is 4.90 Å². The summed E-state index contributed by atoms with van der Waals surface area (Å²) in [4.78, 5) is 32.4. The average molecular weight is 594 g/mol. The number of ether oxygens (including phenoxy) is 2. The molecule has 0 radical (unpaired) electrons. The first-order valence-corrected chi connectivity index (χ1v) is 12.8. The first-order chi connectivity index (χ1) is 18.6. The van der Waals surface area contributed by atoms with Gasteiger partial charge in [-0.2, -0.15) is 26.3 Å². The summed E-state index contributed by atoms with van der Waals surface area (Å²) < 4.78 is 91.8. The third kappa shape index (κ3) is 6.39. The maximum absolute atomic E-state index is 13.8. The zero-order chi connectivity index (χ0) is 29.6. The molecule has 1 aliphatic heterocycles. The molecule has 1 fully saturated rings. The Kier molecular flexibility index (Phi) is 8.17. The van der Waals surface area contributed by atoms with E-state index in [1.165, 1.54) is 4.90 Å². The highest BCUT2D eigenvalue weighted by molar-refractivity contribution is 6.29. The van der Waals surface area contributed by atoms with Gasteiger partial charge in [0.15, 0.2) is 0 Å². The van der Waals surface area contributed by atoms with Gasteiger partial charge >= 0.3 is 24.5 Å². The molecule has 2 amide bonds. The number of anilines is 1. The highest BCUT2D eigenvalue weighted by Crippen LogP contribution is 2.50. The second-order valence-corrected chi connectivity index (χ2v) is 10.4. The first-order valence-electron chi connectivity index (χ1n) is 12.4. The van der Waals surface area contributed by atoms with Crippen molar-refractivity contribution >= 4 is 29.5 Å². The summed E-state index contributed by atoms with van der Waals surface area (Å²) in [6.07, 6.45) is -10.3. The van der Waals surface area contributed by atoms with Gasteiger partial charge in [-0.3, -0.25) is 9.80 Å². The van der Waals surface area contributed by atoms with Crippen LogP contribution in [-0.2, 0) is 28.4 Å². The van der Waals surface area contributed by atoms with E-state index in [-0.39, 0.29) is 29.3 Å². The SMILES string of the molecule is COC(=O)N(Cc1cc(C(F)(F)F)cc(Cl)n1)C1CC(C2CC2)N(C(=O)OC(C)C)c2ccc(C(F)(F)F)cc21. The zero-order valence-corrected chi connectivity index (χ0v) is 22.4. The lowest BCUT2D eigenvalue weighted by atomic mass is 9.87. The lowest BCUT2D eigenvalue weighted by molar-refractivity contribution is -0.138. The molecule has 0 saturated heterocycles. The summed E-state index contributed by atoms with van der Waals surface area (Å²) >= 11 is 5.83. The number of methoxy groups -OCH3 is 1. The summed E-state index contributed by atoms with van der Waals surface area (Å²) in [5, 5.41) is -0.475. The number of pyridine rings is 1. The maximum Gasteiger partial charge on any atom is 0.416 e. The van der Waals surface area contributed by atoms with Crippen LogP contribution in [0.3, 0.4) is 0 Å². The lowest BCUT2D eigenvalue weighted by Crippen LogP contribution is -2.50. The van der Waals surface area contributed by atoms with Crippen molar-refractivity contribution < 1.29 is 45.4 Å². The Hall–Kier alpha value is -3.22. The van der Waals surface area contributed by atoms with Crippen LogP contribution in [0.25, 0.3) is 0 Å². The minimum absolute atomic E-state index is 0.00599. The van der Waals surface area contributed by atoms with E-state index in [1.807, 2.05) is 0 Å². The monoisotopic (exact) mass is 593 g/mol. The third-order valence-electron chi connectivity index (χ3n) is 6.76. The molecule has 2 atom stereocenters. The predicted molar refractivity (Wildman–Crippen MR) is 132 cm³/mol. The molecule has 0 N–H and O–H groups in total. The fourth-order valence-corrected chi connectivity index (χ4v) is 5.14. The van der Waals surface area contributed by atoms with E-state index >= 15 is 0 Å². The molecule has 40 heavy (non-hydrogen) atoms. The van der Waals surface area contributed by atoms with E-state index in [2.05, 4.69) is 4.98 Å². The number of hydrogen-bond donors (Lipinski definition) is 0. The van der Waals surface area contributed by atoms with Crippen LogP contribution in [0.4, 0.5) is 41.6 Å². The number of benzene rings is 1. The van der Waals surface area contributed by atoms with Gasteiger partial charge in [0, 0.05) is 6.04 Å². The van der Waals surface area contributed by atoms with Crippen molar-refractivity contribution in [1.82, 2.24) is 9.88 Å². The fourth-order valence-electron chi connectivity index (χ4n) is 4.92. The maximum atomic E-state index is 13.8. The van der Waals surface area contributed by atoms with Crippen LogP contribution in [0.1, 0.15) is 61.5 Å². The van der Waals surface area contributed by atoms with Crippen LogP contribution in [0.5, 0.6) is 0 Å². The van der Waals surface area contributed by atoms with Crippen LogP contribution >= 0.6 is 11.6 Å². The number of aromatic nitrogens is 1. The number of hydrogen-bond acceptors (Lipinski definition) is 5. The number of fused-ring (bicyclic) bond motifs is 1. The van der Waals surface area contributed by atoms with Gasteiger partial charge in [-0.15, -0.1) is 0 Å². The molecule has 7 nitrogen and oxygen atoms in total. The quantitative estimate of drug-likeness (QED) is 0.263. The molecule has 14 heteroatoms. The number of alkyl halides is 6. The van der Waals surface area contributed by atoms with Crippen molar-refractivity contribution in [1.29, 1.82) is 0 Å². The largest absolute Gasteiger partial charge is 0.453 e. The van der Waals surface area contributed by atoms with Crippen LogP contribution in [0.2, 0.25) is 5.15 Å². The van der Waals surface area contributed by atoms with Crippen LogP contribution in [-0.4, -0.2) is 41.3 Å². The van der Waals surface area contributed by atoms with Gasteiger partial charge in [0.05, 0.1) is 48.3 Å². The molecule has 4 rings (SSSR count). The standard InChI is InChI=1S/C26H26ClF6N3O4/c1-13(2)40-24(38)36-19-7-6-15(25(28,29)30)9-18(19)21(11-20(36)14-4-5-14)35(23(37)39-3)12-17-8-16(26(31,32)33)10-22(27)34-17/h6-10,13-14,20-21H,4-5,11-12H2,1-3H3. The average Bonchev–Trinajstić information content (AvgIpc) is 3.69. The van der Waals surface area contributed by atoms with Crippen molar-refractivity contribution in [3.8, 4) is 0 Å². The smallest absolute Gasteiger partial charge is 0.416 e. The number of halogens is 7. The molecule has 1 saturated carbocycles. The Balaban J connectivity index is 1.85. The van der Waals surface area contributed by atoms with Gasteiger partial charge in [0.25, 0.3) is 0 Å². The second kappa shape index (κ2) is 11.0. The minimum atomic E-state index is -4.76. The molecule has 1 aromatic heterocycles. The molecule has 2 unspecified atom stereocenters. The summed E-state index contributed by atoms with van der Waals surface area (Å²) in [6, 6.07) is 2.50. The Morgan fingerprint density at radius 2 is 1.73 bits per heavy atom. The predicted octanol–water partition coefficient (Wildman–Crippen LogP) is 7.62. The van der Waals surface area contributed by atoms with Crippen molar-refractivity contribution in [3.63, 3.8) is 0 Å². The molecule has 1 aromatic carbocycles. The molecular formula is C26H26ClF6N3O4. The highest BCUT2D eigenvalue weighted by Gasteiger charge is 2.48. The number of carbonyl (C=O) groups excluding carboxylic acids is 2. The van der Waals surface area contributed by atoms with E-state index in [1.54, 1.807) is 13.8 Å². The number of rotatable bonds is 5. The Morgan fingerprint density at radius 1 is 1.07 bits per heavy atom. The Morgan fingerprint density at radius 3 is 2.27 bits per heavy atom. The van der Waals surface area contributed by atoms with Gasteiger partial charge in [-0.25, -0.2) is 14.6 Å². The summed E-state index contributed by atoms with van der Waals surface area (Å²) in [6.45, 7) is 2.72. The first kappa shape index (κ1) is 29.8. The van der Waals surface area contributed by atoms with E-state index in [0.717, 1.165) is 43.1 Å². The molecule has 2 aromatic rings. The number of carbonyl (C=O) groups is 2. The molecular weight excluding hydrogens is 568 g/mol. The molecule has 0 bridgehead atoms. The summed E-state index contributed by atoms with van der Waals surface area (Å²) in [7, 11) is 1.04. The van der Waals surface area contributed by atoms with Crippen molar-refractivity contribution in [2.75, 3.05) is 12.0 Å². The molecule has 0 spiro atoms. The van der Waals surface area contributed by atoms with Crippen LogP contribution in [0, 0.1) is 5.92 Å².